The van der Waals surface area contributed by atoms with E-state index < -0.39 is 23.5 Å². The van der Waals surface area contributed by atoms with E-state index in [0.29, 0.717) is 50.0 Å². The van der Waals surface area contributed by atoms with Crippen molar-refractivity contribution in [2.75, 3.05) is 46.0 Å². The molecular formula is C26H32N2O6. The molecule has 2 aliphatic rings. The molecule has 0 saturated carbocycles. The number of Topliss-reactive ketones (excluding diaryl/α,β-unsaturated/α-hetero) is 1. The molecule has 2 aromatic rings. The van der Waals surface area contributed by atoms with Crippen molar-refractivity contribution >= 4 is 11.7 Å². The Balaban J connectivity index is 1.65. The van der Waals surface area contributed by atoms with Gasteiger partial charge >= 0.3 is 0 Å². The molecule has 1 amide bonds. The summed E-state index contributed by atoms with van der Waals surface area (Å²) in [5.74, 6) is -0.221. The van der Waals surface area contributed by atoms with Gasteiger partial charge in [0.25, 0.3) is 5.91 Å². The van der Waals surface area contributed by atoms with Gasteiger partial charge in [-0.1, -0.05) is 25.5 Å². The lowest BCUT2D eigenvalue weighted by molar-refractivity contribution is -0.129. The molecule has 2 aliphatic heterocycles. The highest BCUT2D eigenvalue weighted by Crippen LogP contribution is 2.40. The molecule has 1 atom stereocenters. The number of unbranched alkanes of at least 4 members (excludes halogenated alkanes) is 1. The van der Waals surface area contributed by atoms with Crippen LogP contribution in [0.2, 0.25) is 0 Å². The molecule has 3 heterocycles. The van der Waals surface area contributed by atoms with Crippen LogP contribution in [0.15, 0.2) is 52.1 Å². The lowest BCUT2D eigenvalue weighted by Gasteiger charge is -2.31. The first-order chi connectivity index (χ1) is 16.5. The molecular weight excluding hydrogens is 436 g/mol. The molecule has 0 aliphatic carbocycles. The number of hydrogen-bond acceptors (Lipinski definition) is 7. The van der Waals surface area contributed by atoms with Crippen molar-refractivity contribution in [1.29, 1.82) is 0 Å². The van der Waals surface area contributed by atoms with Crippen LogP contribution in [-0.4, -0.2) is 72.6 Å². The molecule has 182 valence electrons. The fourth-order valence-corrected chi connectivity index (χ4v) is 4.33. The summed E-state index contributed by atoms with van der Waals surface area (Å²) in [6, 6.07) is 9.92. The number of carbonyl (C=O) groups excluding carboxylic acids is 2. The average Bonchev–Trinajstić information content (AvgIpc) is 3.39. The summed E-state index contributed by atoms with van der Waals surface area (Å²) < 4.78 is 16.8. The van der Waals surface area contributed by atoms with Gasteiger partial charge < -0.3 is 23.9 Å². The molecule has 8 heteroatoms. The number of amides is 1. The molecule has 8 nitrogen and oxygen atoms in total. The molecule has 1 saturated heterocycles. The Morgan fingerprint density at radius 2 is 1.97 bits per heavy atom. The predicted molar refractivity (Wildman–Crippen MR) is 126 cm³/mol. The number of furan rings is 1. The summed E-state index contributed by atoms with van der Waals surface area (Å²) >= 11 is 0. The second-order valence-electron chi connectivity index (χ2n) is 8.63. The Hall–Kier alpha value is -3.10. The van der Waals surface area contributed by atoms with Crippen molar-refractivity contribution in [2.24, 2.45) is 0 Å². The van der Waals surface area contributed by atoms with Crippen molar-refractivity contribution < 1.29 is 28.6 Å². The monoisotopic (exact) mass is 468 g/mol. The van der Waals surface area contributed by atoms with Crippen molar-refractivity contribution in [1.82, 2.24) is 9.80 Å². The van der Waals surface area contributed by atoms with Crippen molar-refractivity contribution in [2.45, 2.75) is 32.7 Å². The van der Waals surface area contributed by atoms with Crippen LogP contribution in [0.4, 0.5) is 0 Å². The Bertz CT molecular complexity index is 1050. The van der Waals surface area contributed by atoms with E-state index >= 15 is 0 Å². The number of aliphatic hydroxyl groups excluding tert-OH is 1. The number of carbonyl (C=O) groups is 2. The lowest BCUT2D eigenvalue weighted by atomic mass is 9.95. The zero-order chi connectivity index (χ0) is 24.1. The van der Waals surface area contributed by atoms with E-state index in [1.807, 2.05) is 24.3 Å². The highest BCUT2D eigenvalue weighted by atomic mass is 16.5. The zero-order valence-corrected chi connectivity index (χ0v) is 19.8. The van der Waals surface area contributed by atoms with Gasteiger partial charge in [-0.05, 0) is 43.2 Å². The van der Waals surface area contributed by atoms with Crippen LogP contribution in [0.5, 0.6) is 5.75 Å². The molecule has 4 rings (SSSR count). The summed E-state index contributed by atoms with van der Waals surface area (Å²) in [6.45, 7) is 8.28. The molecule has 34 heavy (non-hydrogen) atoms. The van der Waals surface area contributed by atoms with Crippen molar-refractivity contribution in [3.63, 3.8) is 0 Å². The first kappa shape index (κ1) is 24.0. The van der Waals surface area contributed by atoms with Gasteiger partial charge in [-0.2, -0.15) is 0 Å². The van der Waals surface area contributed by atoms with Gasteiger partial charge in [0.2, 0.25) is 5.78 Å². The first-order valence-electron chi connectivity index (χ1n) is 11.9. The van der Waals surface area contributed by atoms with E-state index in [1.54, 1.807) is 24.0 Å². The summed E-state index contributed by atoms with van der Waals surface area (Å²) in [6.07, 6.45) is 1.95. The number of benzene rings is 1. The van der Waals surface area contributed by atoms with Crippen molar-refractivity contribution in [3.05, 3.63) is 64.8 Å². The highest BCUT2D eigenvalue weighted by molar-refractivity contribution is 6.15. The summed E-state index contributed by atoms with van der Waals surface area (Å²) in [5.41, 5.74) is 0.743. The molecule has 1 fully saturated rings. The van der Waals surface area contributed by atoms with E-state index in [4.69, 9.17) is 13.9 Å². The topological polar surface area (TPSA) is 92.5 Å². The lowest BCUT2D eigenvalue weighted by Crippen LogP contribution is -2.43. The normalized spacial score (nSPS) is 19.2. The minimum absolute atomic E-state index is 0.0343. The van der Waals surface area contributed by atoms with Crippen LogP contribution in [0.1, 0.15) is 47.7 Å². The number of nitrogens with zero attached hydrogens (tertiary/aromatic N) is 2. The molecule has 1 aromatic heterocycles. The van der Waals surface area contributed by atoms with Gasteiger partial charge in [0.15, 0.2) is 11.5 Å². The van der Waals surface area contributed by atoms with Crippen LogP contribution in [0.3, 0.4) is 0 Å². The number of morpholine rings is 1. The second-order valence-corrected chi connectivity index (χ2v) is 8.63. The molecule has 1 aromatic carbocycles. The molecule has 0 radical (unpaired) electrons. The molecule has 0 spiro atoms. The van der Waals surface area contributed by atoms with Crippen LogP contribution in [0, 0.1) is 6.92 Å². The van der Waals surface area contributed by atoms with Gasteiger partial charge in [0.05, 0.1) is 31.4 Å². The van der Waals surface area contributed by atoms with E-state index in [1.165, 1.54) is 0 Å². The number of aliphatic hydroxyl groups is 1. The average molecular weight is 469 g/mol. The first-order valence-corrected chi connectivity index (χ1v) is 11.9. The molecule has 0 bridgehead atoms. The summed E-state index contributed by atoms with van der Waals surface area (Å²) in [4.78, 5) is 30.3. The van der Waals surface area contributed by atoms with Crippen LogP contribution >= 0.6 is 0 Å². The third kappa shape index (κ3) is 5.18. The maximum Gasteiger partial charge on any atom is 0.290 e. The molecule has 1 N–H and O–H groups in total. The third-order valence-corrected chi connectivity index (χ3v) is 6.21. The Labute approximate surface area is 199 Å². The Morgan fingerprint density at radius 1 is 1.18 bits per heavy atom. The van der Waals surface area contributed by atoms with Gasteiger partial charge in [-0.3, -0.25) is 14.5 Å². The van der Waals surface area contributed by atoms with Crippen molar-refractivity contribution in [3.8, 4) is 5.75 Å². The maximum absolute atomic E-state index is 13.4. The van der Waals surface area contributed by atoms with Gasteiger partial charge in [0.1, 0.15) is 11.5 Å². The number of aryl methyl sites for hydroxylation is 1. The van der Waals surface area contributed by atoms with Gasteiger partial charge in [-0.15, -0.1) is 0 Å². The second kappa shape index (κ2) is 10.9. The third-order valence-electron chi connectivity index (χ3n) is 6.21. The smallest absolute Gasteiger partial charge is 0.290 e. The predicted octanol–water partition coefficient (Wildman–Crippen LogP) is 3.68. The fourth-order valence-electron chi connectivity index (χ4n) is 4.33. The van der Waals surface area contributed by atoms with E-state index in [2.05, 4.69) is 11.8 Å². The molecule has 1 unspecified atom stereocenters. The minimum atomic E-state index is -0.735. The minimum Gasteiger partial charge on any atom is -0.503 e. The van der Waals surface area contributed by atoms with E-state index in [-0.39, 0.29) is 11.3 Å². The van der Waals surface area contributed by atoms with Crippen LogP contribution < -0.4 is 4.74 Å². The number of ketones is 1. The summed E-state index contributed by atoms with van der Waals surface area (Å²) in [7, 11) is 0. The fraction of sp³-hybridized carbons (Fsp3) is 0.462. The standard InChI is InChI=1S/C26H32N2O6/c1-3-4-14-33-20-7-5-6-19(17-20)23-22(24(29)21-9-8-18(2)34-21)25(30)26(31)28(23)11-10-27-12-15-32-16-13-27/h5-9,17,23,30H,3-4,10-16H2,1-2H3. The quantitative estimate of drug-likeness (QED) is 0.420. The Morgan fingerprint density at radius 3 is 2.68 bits per heavy atom. The SMILES string of the molecule is CCCCOc1cccc(C2C(C(=O)c3ccc(C)o3)=C(O)C(=O)N2CCN2CCOCC2)c1. The number of rotatable bonds is 10. The van der Waals surface area contributed by atoms with Gasteiger partial charge in [-0.25, -0.2) is 0 Å². The largest absolute Gasteiger partial charge is 0.503 e. The van der Waals surface area contributed by atoms with Crippen LogP contribution in [-0.2, 0) is 9.53 Å². The Kier molecular flexibility index (Phi) is 7.70. The maximum atomic E-state index is 13.4. The zero-order valence-electron chi connectivity index (χ0n) is 19.8. The van der Waals surface area contributed by atoms with E-state index in [0.717, 1.165) is 25.9 Å². The van der Waals surface area contributed by atoms with E-state index in [9.17, 15) is 14.7 Å². The number of hydrogen-bond donors (Lipinski definition) is 1. The number of ether oxygens (including phenoxy) is 2. The van der Waals surface area contributed by atoms with Gasteiger partial charge in [0, 0.05) is 26.2 Å². The highest BCUT2D eigenvalue weighted by Gasteiger charge is 2.44. The van der Waals surface area contributed by atoms with Crippen LogP contribution in [0.25, 0.3) is 0 Å². The summed E-state index contributed by atoms with van der Waals surface area (Å²) in [5, 5.41) is 10.8.